The lowest BCUT2D eigenvalue weighted by Crippen LogP contribution is -2.61. The van der Waals surface area contributed by atoms with Crippen LogP contribution in [0.25, 0.3) is 11.1 Å². The summed E-state index contributed by atoms with van der Waals surface area (Å²) in [5.41, 5.74) is 2.45. The Kier molecular flexibility index (Phi) is 7.58. The van der Waals surface area contributed by atoms with E-state index in [1.165, 1.54) is 4.90 Å². The van der Waals surface area contributed by atoms with Crippen molar-refractivity contribution in [3.05, 3.63) is 59.7 Å². The standard InChI is InChI=1S/C28H36N2O5/c1-18(2)15-30(16-24(31)32)25(33)27(3,4)28(5,6)29-26(34)35-17-23-21-13-9-7-11-19(21)20-12-8-10-14-22(20)23/h7-14,18,23H,15-17H2,1-6H3,(H,29,34)(H,31,32). The van der Waals surface area contributed by atoms with Gasteiger partial charge in [-0.1, -0.05) is 62.4 Å². The molecule has 2 aromatic carbocycles. The van der Waals surface area contributed by atoms with Gasteiger partial charge in [0.05, 0.1) is 11.0 Å². The van der Waals surface area contributed by atoms with E-state index in [-0.39, 0.29) is 30.9 Å². The van der Waals surface area contributed by atoms with Crippen LogP contribution in [0.5, 0.6) is 0 Å². The minimum absolute atomic E-state index is 0.0667. The third-order valence-corrected chi connectivity index (χ3v) is 7.05. The van der Waals surface area contributed by atoms with Crippen LogP contribution in [0.4, 0.5) is 4.79 Å². The molecule has 2 amide bonds. The van der Waals surface area contributed by atoms with E-state index in [1.807, 2.05) is 38.1 Å². The first kappa shape index (κ1) is 26.3. The molecule has 7 nitrogen and oxygen atoms in total. The van der Waals surface area contributed by atoms with Gasteiger partial charge in [0.1, 0.15) is 13.2 Å². The van der Waals surface area contributed by atoms with Crippen molar-refractivity contribution >= 4 is 18.0 Å². The molecule has 0 bridgehead atoms. The molecule has 0 saturated heterocycles. The Morgan fingerprint density at radius 3 is 1.97 bits per heavy atom. The van der Waals surface area contributed by atoms with E-state index in [4.69, 9.17) is 4.74 Å². The number of nitrogens with zero attached hydrogens (tertiary/aromatic N) is 1. The second kappa shape index (κ2) is 10.1. The number of nitrogens with one attached hydrogen (secondary N) is 1. The van der Waals surface area contributed by atoms with Crippen LogP contribution in [-0.4, -0.2) is 53.2 Å². The van der Waals surface area contributed by atoms with E-state index < -0.39 is 23.0 Å². The molecule has 0 saturated carbocycles. The van der Waals surface area contributed by atoms with Crippen molar-refractivity contribution in [3.8, 4) is 11.1 Å². The average molecular weight is 481 g/mol. The SMILES string of the molecule is CC(C)CN(CC(=O)O)C(=O)C(C)(C)C(C)(C)NC(=O)OCC1c2ccccc2-c2ccccc21. The number of carboxylic acid groups (broad SMARTS) is 1. The number of carboxylic acids is 1. The number of fused-ring (bicyclic) bond motifs is 3. The Morgan fingerprint density at radius 2 is 1.49 bits per heavy atom. The number of ether oxygens (including phenoxy) is 1. The Hall–Kier alpha value is -3.35. The second-order valence-corrected chi connectivity index (χ2v) is 10.7. The Balaban J connectivity index is 1.71. The molecule has 0 radical (unpaired) electrons. The maximum absolute atomic E-state index is 13.4. The van der Waals surface area contributed by atoms with Crippen LogP contribution in [0.15, 0.2) is 48.5 Å². The molecule has 0 fully saturated rings. The molecule has 7 heteroatoms. The molecule has 3 rings (SSSR count). The van der Waals surface area contributed by atoms with E-state index in [1.54, 1.807) is 27.7 Å². The van der Waals surface area contributed by atoms with E-state index in [9.17, 15) is 19.5 Å². The zero-order valence-corrected chi connectivity index (χ0v) is 21.4. The molecule has 1 aliphatic rings. The first-order chi connectivity index (χ1) is 16.3. The Morgan fingerprint density at radius 1 is 0.971 bits per heavy atom. The van der Waals surface area contributed by atoms with Crippen molar-refractivity contribution in [2.45, 2.75) is 53.0 Å². The summed E-state index contributed by atoms with van der Waals surface area (Å²) in [6.45, 7) is 10.9. The summed E-state index contributed by atoms with van der Waals surface area (Å²) >= 11 is 0. The molecule has 0 aliphatic heterocycles. The Bertz CT molecular complexity index is 1060. The van der Waals surface area contributed by atoms with Crippen molar-refractivity contribution < 1.29 is 24.2 Å². The predicted molar refractivity (Wildman–Crippen MR) is 135 cm³/mol. The van der Waals surface area contributed by atoms with Gasteiger partial charge in [0.2, 0.25) is 5.91 Å². The lowest BCUT2D eigenvalue weighted by molar-refractivity contribution is -0.151. The fraction of sp³-hybridized carbons (Fsp3) is 0.464. The van der Waals surface area contributed by atoms with Crippen molar-refractivity contribution in [1.82, 2.24) is 10.2 Å². The average Bonchev–Trinajstić information content (AvgIpc) is 3.09. The van der Waals surface area contributed by atoms with Crippen LogP contribution in [0, 0.1) is 11.3 Å². The molecule has 0 unspecified atom stereocenters. The lowest BCUT2D eigenvalue weighted by Gasteiger charge is -2.43. The van der Waals surface area contributed by atoms with E-state index in [0.29, 0.717) is 6.54 Å². The van der Waals surface area contributed by atoms with Crippen LogP contribution in [0.2, 0.25) is 0 Å². The van der Waals surface area contributed by atoms with Gasteiger partial charge in [0, 0.05) is 12.5 Å². The summed E-state index contributed by atoms with van der Waals surface area (Å²) in [7, 11) is 0. The quantitative estimate of drug-likeness (QED) is 0.532. The molecule has 0 heterocycles. The van der Waals surface area contributed by atoms with Gasteiger partial charge >= 0.3 is 12.1 Å². The van der Waals surface area contributed by atoms with Crippen molar-refractivity contribution in [1.29, 1.82) is 0 Å². The highest BCUT2D eigenvalue weighted by Gasteiger charge is 2.47. The summed E-state index contributed by atoms with van der Waals surface area (Å²) in [4.78, 5) is 39.0. The number of carbonyl (C=O) groups is 3. The largest absolute Gasteiger partial charge is 0.480 e. The van der Waals surface area contributed by atoms with Crippen molar-refractivity contribution in [2.24, 2.45) is 11.3 Å². The zero-order chi connectivity index (χ0) is 26.0. The maximum atomic E-state index is 13.4. The van der Waals surface area contributed by atoms with Gasteiger partial charge in [0.15, 0.2) is 0 Å². The number of alkyl carbamates (subject to hydrolysis) is 1. The molecule has 0 spiro atoms. The van der Waals surface area contributed by atoms with E-state index in [0.717, 1.165) is 22.3 Å². The summed E-state index contributed by atoms with van der Waals surface area (Å²) in [5, 5.41) is 12.1. The number of hydrogen-bond acceptors (Lipinski definition) is 4. The number of carbonyl (C=O) groups excluding carboxylic acids is 2. The predicted octanol–water partition coefficient (Wildman–Crippen LogP) is 4.90. The molecule has 0 atom stereocenters. The fourth-order valence-electron chi connectivity index (χ4n) is 4.53. The van der Waals surface area contributed by atoms with Gasteiger partial charge < -0.3 is 20.1 Å². The zero-order valence-electron chi connectivity index (χ0n) is 21.4. The topological polar surface area (TPSA) is 95.9 Å². The summed E-state index contributed by atoms with van der Waals surface area (Å²) < 4.78 is 5.67. The summed E-state index contributed by atoms with van der Waals surface area (Å²) in [5.74, 6) is -1.37. The Labute approximate surface area is 207 Å². The first-order valence-corrected chi connectivity index (χ1v) is 12.0. The molecule has 2 aromatic rings. The molecule has 1 aliphatic carbocycles. The highest BCUT2D eigenvalue weighted by atomic mass is 16.5. The molecule has 2 N–H and O–H groups in total. The molecular weight excluding hydrogens is 444 g/mol. The van der Waals surface area contributed by atoms with Gasteiger partial charge in [-0.2, -0.15) is 0 Å². The summed E-state index contributed by atoms with van der Waals surface area (Å²) in [6, 6.07) is 16.2. The van der Waals surface area contributed by atoms with Gasteiger partial charge in [-0.15, -0.1) is 0 Å². The molecular formula is C28H36N2O5. The van der Waals surface area contributed by atoms with E-state index >= 15 is 0 Å². The van der Waals surface area contributed by atoms with Crippen LogP contribution in [0.1, 0.15) is 58.6 Å². The molecule has 188 valence electrons. The minimum atomic E-state index is -1.08. The van der Waals surface area contributed by atoms with E-state index in [2.05, 4.69) is 29.6 Å². The highest BCUT2D eigenvalue weighted by molar-refractivity contribution is 5.87. The van der Waals surface area contributed by atoms with Crippen LogP contribution >= 0.6 is 0 Å². The monoisotopic (exact) mass is 480 g/mol. The number of aliphatic carboxylic acids is 1. The van der Waals surface area contributed by atoms with Crippen LogP contribution < -0.4 is 5.32 Å². The number of rotatable bonds is 9. The van der Waals surface area contributed by atoms with Gasteiger partial charge in [0.25, 0.3) is 0 Å². The number of hydrogen-bond donors (Lipinski definition) is 2. The normalized spacial score (nSPS) is 13.2. The van der Waals surface area contributed by atoms with Crippen LogP contribution in [-0.2, 0) is 14.3 Å². The van der Waals surface area contributed by atoms with Crippen LogP contribution in [0.3, 0.4) is 0 Å². The third-order valence-electron chi connectivity index (χ3n) is 7.05. The fourth-order valence-corrected chi connectivity index (χ4v) is 4.53. The van der Waals surface area contributed by atoms with Gasteiger partial charge in [-0.25, -0.2) is 4.79 Å². The number of benzene rings is 2. The van der Waals surface area contributed by atoms with Crippen molar-refractivity contribution in [2.75, 3.05) is 19.7 Å². The van der Waals surface area contributed by atoms with Crippen molar-refractivity contribution in [3.63, 3.8) is 0 Å². The maximum Gasteiger partial charge on any atom is 0.407 e. The highest BCUT2D eigenvalue weighted by Crippen LogP contribution is 2.44. The second-order valence-electron chi connectivity index (χ2n) is 10.7. The van der Waals surface area contributed by atoms with Gasteiger partial charge in [-0.3, -0.25) is 9.59 Å². The minimum Gasteiger partial charge on any atom is -0.480 e. The molecule has 35 heavy (non-hydrogen) atoms. The van der Waals surface area contributed by atoms with Gasteiger partial charge in [-0.05, 0) is 55.9 Å². The molecule has 0 aromatic heterocycles. The lowest BCUT2D eigenvalue weighted by atomic mass is 9.73. The number of amides is 2. The third kappa shape index (κ3) is 5.50. The first-order valence-electron chi connectivity index (χ1n) is 12.0. The summed E-state index contributed by atoms with van der Waals surface area (Å²) in [6.07, 6.45) is -0.619. The smallest absolute Gasteiger partial charge is 0.407 e.